The van der Waals surface area contributed by atoms with Crippen LogP contribution in [0.15, 0.2) is 47.4 Å². The molecule has 2 aliphatic rings. The van der Waals surface area contributed by atoms with Gasteiger partial charge in [-0.25, -0.2) is 13.2 Å². The van der Waals surface area contributed by atoms with Crippen molar-refractivity contribution in [1.29, 1.82) is 0 Å². The van der Waals surface area contributed by atoms with E-state index < -0.39 is 34.0 Å². The van der Waals surface area contributed by atoms with Crippen LogP contribution >= 0.6 is 12.6 Å². The van der Waals surface area contributed by atoms with Crippen LogP contribution in [0.3, 0.4) is 0 Å². The molecule has 2 aromatic carbocycles. The van der Waals surface area contributed by atoms with E-state index >= 15 is 0 Å². The van der Waals surface area contributed by atoms with Crippen molar-refractivity contribution in [2.45, 2.75) is 41.5 Å². The summed E-state index contributed by atoms with van der Waals surface area (Å²) in [6.45, 7) is 0.438. The van der Waals surface area contributed by atoms with E-state index in [1.165, 1.54) is 9.21 Å². The molecule has 3 atom stereocenters. The Morgan fingerprint density at radius 2 is 1.79 bits per heavy atom. The van der Waals surface area contributed by atoms with E-state index in [0.717, 1.165) is 10.8 Å². The molecule has 4 rings (SSSR count). The molecule has 2 saturated heterocycles. The Hall–Kier alpha value is -2.10. The summed E-state index contributed by atoms with van der Waals surface area (Å²) in [5.74, 6) is -1.50. The third-order valence-electron chi connectivity index (χ3n) is 5.67. The topological polar surface area (TPSA) is 95.0 Å². The highest BCUT2D eigenvalue weighted by atomic mass is 32.2. The molecule has 2 aromatic rings. The van der Waals surface area contributed by atoms with Crippen LogP contribution in [0.4, 0.5) is 0 Å². The molecule has 9 heteroatoms. The molecule has 1 amide bonds. The van der Waals surface area contributed by atoms with Gasteiger partial charge in [0.1, 0.15) is 12.1 Å². The van der Waals surface area contributed by atoms with Crippen LogP contribution in [0.1, 0.15) is 19.3 Å². The van der Waals surface area contributed by atoms with Gasteiger partial charge in [-0.05, 0) is 42.2 Å². The van der Waals surface area contributed by atoms with Gasteiger partial charge in [-0.3, -0.25) is 4.79 Å². The molecule has 2 fully saturated rings. The lowest BCUT2D eigenvalue weighted by Crippen LogP contribution is -2.50. The van der Waals surface area contributed by atoms with Gasteiger partial charge < -0.3 is 10.0 Å². The first-order chi connectivity index (χ1) is 13.8. The zero-order chi connectivity index (χ0) is 20.8. The van der Waals surface area contributed by atoms with Crippen molar-refractivity contribution in [3.8, 4) is 0 Å². The van der Waals surface area contributed by atoms with E-state index in [0.29, 0.717) is 19.4 Å². The fraction of sp³-hybridized carbons (Fsp3) is 0.400. The molecule has 154 valence electrons. The van der Waals surface area contributed by atoms with Gasteiger partial charge >= 0.3 is 5.97 Å². The van der Waals surface area contributed by atoms with Gasteiger partial charge in [-0.15, -0.1) is 0 Å². The van der Waals surface area contributed by atoms with Gasteiger partial charge in [-0.1, -0.05) is 30.3 Å². The largest absolute Gasteiger partial charge is 0.480 e. The first-order valence-electron chi connectivity index (χ1n) is 9.51. The van der Waals surface area contributed by atoms with Gasteiger partial charge in [0.25, 0.3) is 0 Å². The second kappa shape index (κ2) is 7.62. The molecule has 0 aromatic heterocycles. The summed E-state index contributed by atoms with van der Waals surface area (Å²) in [7, 11) is -3.94. The third kappa shape index (κ3) is 3.62. The number of likely N-dealkylation sites (tertiary alicyclic amines) is 1. The maximum absolute atomic E-state index is 13.4. The number of carbonyl (C=O) groups is 2. The van der Waals surface area contributed by atoms with Gasteiger partial charge in [0, 0.05) is 18.3 Å². The maximum Gasteiger partial charge on any atom is 0.326 e. The molecule has 0 bridgehead atoms. The van der Waals surface area contributed by atoms with Crippen LogP contribution < -0.4 is 0 Å². The summed E-state index contributed by atoms with van der Waals surface area (Å²) in [6.07, 6.45) is 1.24. The van der Waals surface area contributed by atoms with Crippen LogP contribution in [-0.4, -0.2) is 65.0 Å². The van der Waals surface area contributed by atoms with E-state index in [2.05, 4.69) is 12.6 Å². The highest BCUT2D eigenvalue weighted by Crippen LogP contribution is 2.32. The summed E-state index contributed by atoms with van der Waals surface area (Å²) in [5, 5.41) is 10.8. The van der Waals surface area contributed by atoms with Gasteiger partial charge in [-0.2, -0.15) is 16.9 Å². The quantitative estimate of drug-likeness (QED) is 0.718. The summed E-state index contributed by atoms with van der Waals surface area (Å²) >= 11 is 4.42. The molecule has 1 N–H and O–H groups in total. The number of nitrogens with zero attached hydrogens (tertiary/aromatic N) is 2. The van der Waals surface area contributed by atoms with Crippen LogP contribution in [0, 0.1) is 0 Å². The Morgan fingerprint density at radius 1 is 1.07 bits per heavy atom. The predicted octanol–water partition coefficient (Wildman–Crippen LogP) is 1.98. The van der Waals surface area contributed by atoms with Crippen LogP contribution in [0.5, 0.6) is 0 Å². The maximum atomic E-state index is 13.4. The highest BCUT2D eigenvalue weighted by molar-refractivity contribution is 7.89. The highest BCUT2D eigenvalue weighted by Gasteiger charge is 2.47. The van der Waals surface area contributed by atoms with Crippen molar-refractivity contribution in [3.63, 3.8) is 0 Å². The van der Waals surface area contributed by atoms with Gasteiger partial charge in [0.2, 0.25) is 15.9 Å². The van der Waals surface area contributed by atoms with Crippen molar-refractivity contribution < 1.29 is 23.1 Å². The summed E-state index contributed by atoms with van der Waals surface area (Å²) in [5.41, 5.74) is 0. The smallest absolute Gasteiger partial charge is 0.326 e. The van der Waals surface area contributed by atoms with Crippen molar-refractivity contribution in [3.05, 3.63) is 42.5 Å². The summed E-state index contributed by atoms with van der Waals surface area (Å²) in [4.78, 5) is 26.0. The minimum Gasteiger partial charge on any atom is -0.480 e. The second-order valence-electron chi connectivity index (χ2n) is 7.52. The molecule has 7 nitrogen and oxygen atoms in total. The molecular formula is C20H22N2O5S2. The molecule has 2 heterocycles. The number of hydrogen-bond acceptors (Lipinski definition) is 5. The number of thiol groups is 1. The number of carbonyl (C=O) groups excluding carboxylic acids is 1. The van der Waals surface area contributed by atoms with Crippen molar-refractivity contribution in [2.75, 3.05) is 13.1 Å². The average molecular weight is 435 g/mol. The van der Waals surface area contributed by atoms with Crippen LogP contribution in [0.2, 0.25) is 0 Å². The van der Waals surface area contributed by atoms with E-state index in [9.17, 15) is 23.1 Å². The number of benzene rings is 2. The lowest BCUT2D eigenvalue weighted by atomic mass is 10.1. The lowest BCUT2D eigenvalue weighted by Gasteiger charge is -2.29. The van der Waals surface area contributed by atoms with E-state index in [1.54, 1.807) is 18.2 Å². The van der Waals surface area contributed by atoms with Gasteiger partial charge in [0.05, 0.1) is 4.90 Å². The van der Waals surface area contributed by atoms with Crippen molar-refractivity contribution in [1.82, 2.24) is 9.21 Å². The van der Waals surface area contributed by atoms with Crippen LogP contribution in [-0.2, 0) is 19.6 Å². The molecule has 2 aliphatic heterocycles. The number of hydrogen-bond donors (Lipinski definition) is 2. The Labute approximate surface area is 174 Å². The minimum absolute atomic E-state index is 0.111. The minimum atomic E-state index is -3.94. The molecule has 0 aliphatic carbocycles. The molecule has 0 spiro atoms. The number of carboxylic acid groups (broad SMARTS) is 1. The normalized spacial score (nSPS) is 25.6. The Kier molecular flexibility index (Phi) is 5.30. The van der Waals surface area contributed by atoms with Crippen molar-refractivity contribution >= 4 is 45.3 Å². The summed E-state index contributed by atoms with van der Waals surface area (Å²) < 4.78 is 27.9. The lowest BCUT2D eigenvalue weighted by molar-refractivity contribution is -0.149. The Morgan fingerprint density at radius 3 is 2.52 bits per heavy atom. The molecule has 0 saturated carbocycles. The average Bonchev–Trinajstić information content (AvgIpc) is 3.34. The van der Waals surface area contributed by atoms with E-state index in [1.807, 2.05) is 24.3 Å². The van der Waals surface area contributed by atoms with E-state index in [-0.39, 0.29) is 23.1 Å². The fourth-order valence-corrected chi connectivity index (χ4v) is 6.38. The monoisotopic (exact) mass is 434 g/mol. The molecule has 0 radical (unpaired) electrons. The molecule has 29 heavy (non-hydrogen) atoms. The number of fused-ring (bicyclic) bond motifs is 1. The zero-order valence-corrected chi connectivity index (χ0v) is 17.4. The first-order valence-corrected chi connectivity index (χ1v) is 11.5. The van der Waals surface area contributed by atoms with E-state index in [4.69, 9.17) is 0 Å². The van der Waals surface area contributed by atoms with Crippen LogP contribution in [0.25, 0.3) is 10.8 Å². The number of carboxylic acids is 1. The Bertz CT molecular complexity index is 1070. The summed E-state index contributed by atoms with van der Waals surface area (Å²) in [6, 6.07) is 10.5. The number of amides is 1. The van der Waals surface area contributed by atoms with Crippen molar-refractivity contribution in [2.24, 2.45) is 0 Å². The Balaban J connectivity index is 1.67. The SMILES string of the molecule is O=C(O)[C@H]1CCCN1C(=O)[C@@H]1C[C@@H](S)CN1S(=O)(=O)c1ccc2ccccc2c1. The first kappa shape index (κ1) is 20.2. The number of aliphatic carboxylic acids is 1. The standard InChI is InChI=1S/C20H22N2O5S2/c23-19(21-9-3-6-17(21)20(24)25)18-11-15(28)12-22(18)29(26,27)16-8-7-13-4-1-2-5-14(13)10-16/h1-2,4-5,7-8,10,15,17-18,28H,3,6,9,11-12H2,(H,24,25)/t15-,17-,18+/m1/s1. The van der Waals surface area contributed by atoms with Gasteiger partial charge in [0.15, 0.2) is 0 Å². The molecule has 0 unspecified atom stereocenters. The predicted molar refractivity (Wildman–Crippen MR) is 111 cm³/mol. The number of rotatable bonds is 4. The number of sulfonamides is 1. The third-order valence-corrected chi connectivity index (χ3v) is 7.91. The second-order valence-corrected chi connectivity index (χ2v) is 10.1. The molecular weight excluding hydrogens is 412 g/mol. The fourth-order valence-electron chi connectivity index (χ4n) is 4.22. The zero-order valence-electron chi connectivity index (χ0n) is 15.6.